The molecule has 0 N–H and O–H groups in total. The molecule has 1 spiro atoms. The van der Waals surface area contributed by atoms with E-state index in [0.717, 1.165) is 43.6 Å². The number of benzene rings is 1. The van der Waals surface area contributed by atoms with Gasteiger partial charge in [0.2, 0.25) is 0 Å². The fourth-order valence-corrected chi connectivity index (χ4v) is 3.08. The fraction of sp³-hybridized carbons (Fsp3) is 0.462. The molecule has 1 saturated heterocycles. The lowest BCUT2D eigenvalue weighted by molar-refractivity contribution is -0.384. The van der Waals surface area contributed by atoms with Crippen molar-refractivity contribution in [1.29, 1.82) is 0 Å². The van der Waals surface area contributed by atoms with Gasteiger partial charge in [-0.25, -0.2) is 0 Å². The molecule has 0 bridgehead atoms. The van der Waals surface area contributed by atoms with Crippen molar-refractivity contribution >= 4 is 17.3 Å². The summed E-state index contributed by atoms with van der Waals surface area (Å²) in [6, 6.07) is 4.81. The van der Waals surface area contributed by atoms with Gasteiger partial charge in [0.25, 0.3) is 5.69 Å². The van der Waals surface area contributed by atoms with Gasteiger partial charge in [0, 0.05) is 36.1 Å². The summed E-state index contributed by atoms with van der Waals surface area (Å²) in [5, 5.41) is 27.0. The Kier molecular flexibility index (Phi) is 2.74. The standard InChI is InChI=1S/C13H15N3O3/c17-13-9-10-8-11(15(18)19)4-5-12(10)16(14-13)6-2-1-3-7-16/h4-5,8H,1-3,6-7,9H2. The van der Waals surface area contributed by atoms with E-state index in [9.17, 15) is 15.2 Å². The highest BCUT2D eigenvalue weighted by molar-refractivity contribution is 5.80. The highest BCUT2D eigenvalue weighted by Crippen LogP contribution is 2.37. The van der Waals surface area contributed by atoms with Crippen LogP contribution in [0.1, 0.15) is 24.8 Å². The molecule has 19 heavy (non-hydrogen) atoms. The normalized spacial score (nSPS) is 20.7. The number of piperidine rings is 1. The van der Waals surface area contributed by atoms with Crippen molar-refractivity contribution in [3.63, 3.8) is 0 Å². The molecule has 0 atom stereocenters. The van der Waals surface area contributed by atoms with Crippen LogP contribution in [-0.4, -0.2) is 23.9 Å². The predicted molar refractivity (Wildman–Crippen MR) is 69.6 cm³/mol. The Balaban J connectivity index is 2.10. The van der Waals surface area contributed by atoms with Crippen molar-refractivity contribution in [2.45, 2.75) is 25.7 Å². The molecule has 100 valence electrons. The first kappa shape index (κ1) is 12.1. The van der Waals surface area contributed by atoms with Crippen molar-refractivity contribution in [2.24, 2.45) is 5.10 Å². The zero-order valence-corrected chi connectivity index (χ0v) is 10.5. The third-order valence-electron chi connectivity index (χ3n) is 3.92. The summed E-state index contributed by atoms with van der Waals surface area (Å²) in [4.78, 5) is 10.4. The second-order valence-corrected chi connectivity index (χ2v) is 5.17. The highest BCUT2D eigenvalue weighted by Gasteiger charge is 2.38. The van der Waals surface area contributed by atoms with Crippen LogP contribution in [0.5, 0.6) is 0 Å². The number of hydrogen-bond acceptors (Lipinski definition) is 4. The van der Waals surface area contributed by atoms with Crippen molar-refractivity contribution < 1.29 is 10.0 Å². The van der Waals surface area contributed by atoms with Gasteiger partial charge in [-0.05, 0) is 19.3 Å². The summed E-state index contributed by atoms with van der Waals surface area (Å²) in [7, 11) is 0. The number of nitro benzene ring substituents is 1. The van der Waals surface area contributed by atoms with E-state index in [-0.39, 0.29) is 18.0 Å². The molecule has 2 heterocycles. The second-order valence-electron chi connectivity index (χ2n) is 5.17. The Morgan fingerprint density at radius 2 is 1.95 bits per heavy atom. The van der Waals surface area contributed by atoms with E-state index in [4.69, 9.17) is 0 Å². The number of non-ortho nitro benzene ring substituents is 1. The summed E-state index contributed by atoms with van der Waals surface area (Å²) >= 11 is 0. The average Bonchev–Trinajstić information content (AvgIpc) is 2.38. The number of hydrogen-bond donors (Lipinski definition) is 0. The maximum Gasteiger partial charge on any atom is 0.270 e. The lowest BCUT2D eigenvalue weighted by Crippen LogP contribution is -2.52. The SMILES string of the molecule is O=[N+]([O-])c1ccc2c(c1)CC([O-])=N[N+]21CCCCC1. The molecule has 0 saturated carbocycles. The topological polar surface area (TPSA) is 78.6 Å². The summed E-state index contributed by atoms with van der Waals surface area (Å²) < 4.78 is 0.339. The van der Waals surface area contributed by atoms with Crippen LogP contribution in [0.25, 0.3) is 0 Å². The highest BCUT2D eigenvalue weighted by atomic mass is 16.6. The van der Waals surface area contributed by atoms with Crippen molar-refractivity contribution in [2.75, 3.05) is 13.1 Å². The largest absolute Gasteiger partial charge is 0.858 e. The van der Waals surface area contributed by atoms with Gasteiger partial charge >= 0.3 is 0 Å². The van der Waals surface area contributed by atoms with E-state index in [0.29, 0.717) is 4.59 Å². The van der Waals surface area contributed by atoms with Gasteiger partial charge in [-0.3, -0.25) is 10.1 Å². The van der Waals surface area contributed by atoms with Crippen LogP contribution in [0.4, 0.5) is 11.4 Å². The number of fused-ring (bicyclic) bond motifs is 2. The van der Waals surface area contributed by atoms with E-state index in [1.807, 2.05) is 0 Å². The summed E-state index contributed by atoms with van der Waals surface area (Å²) in [6.07, 6.45) is 3.41. The molecule has 0 unspecified atom stereocenters. The maximum absolute atomic E-state index is 11.8. The van der Waals surface area contributed by atoms with Gasteiger partial charge in [0.15, 0.2) is 5.69 Å². The molecule has 0 aliphatic carbocycles. The summed E-state index contributed by atoms with van der Waals surface area (Å²) in [5.74, 6) is -0.171. The average molecular weight is 261 g/mol. The first-order valence-corrected chi connectivity index (χ1v) is 6.52. The summed E-state index contributed by atoms with van der Waals surface area (Å²) in [5.41, 5.74) is 1.77. The van der Waals surface area contributed by atoms with Gasteiger partial charge < -0.3 is 5.11 Å². The van der Waals surface area contributed by atoms with Crippen molar-refractivity contribution in [1.82, 2.24) is 4.59 Å². The minimum absolute atomic E-state index is 0.0450. The number of quaternary nitrogens is 1. The molecule has 2 aliphatic heterocycles. The number of nitrogens with zero attached hydrogens (tertiary/aromatic N) is 3. The van der Waals surface area contributed by atoms with Gasteiger partial charge in [0.1, 0.15) is 13.1 Å². The van der Waals surface area contributed by atoms with Crippen LogP contribution >= 0.6 is 0 Å². The van der Waals surface area contributed by atoms with Crippen LogP contribution < -0.4 is 9.70 Å². The molecule has 1 aromatic rings. The zero-order valence-electron chi connectivity index (χ0n) is 10.5. The zero-order chi connectivity index (χ0) is 13.5. The van der Waals surface area contributed by atoms with E-state index in [2.05, 4.69) is 5.10 Å². The molecular weight excluding hydrogens is 246 g/mol. The lowest BCUT2D eigenvalue weighted by atomic mass is 10.0. The quantitative estimate of drug-likeness (QED) is 0.434. The van der Waals surface area contributed by atoms with Crippen LogP contribution in [0.3, 0.4) is 0 Å². The Bertz CT molecular complexity index is 562. The minimum Gasteiger partial charge on any atom is -0.858 e. The van der Waals surface area contributed by atoms with Crippen LogP contribution in [0.2, 0.25) is 0 Å². The van der Waals surface area contributed by atoms with Gasteiger partial charge in [-0.1, -0.05) is 5.10 Å². The Morgan fingerprint density at radius 3 is 2.63 bits per heavy atom. The Labute approximate surface area is 110 Å². The predicted octanol–water partition coefficient (Wildman–Crippen LogP) is 1.32. The van der Waals surface area contributed by atoms with E-state index >= 15 is 0 Å². The molecule has 1 aromatic carbocycles. The van der Waals surface area contributed by atoms with Gasteiger partial charge in [-0.2, -0.15) is 4.59 Å². The molecule has 6 heteroatoms. The lowest BCUT2D eigenvalue weighted by Gasteiger charge is -2.40. The molecule has 3 rings (SSSR count). The van der Waals surface area contributed by atoms with Crippen molar-refractivity contribution in [3.8, 4) is 0 Å². The minimum atomic E-state index is -0.420. The van der Waals surface area contributed by atoms with E-state index in [1.54, 1.807) is 6.07 Å². The molecule has 0 radical (unpaired) electrons. The fourth-order valence-electron chi connectivity index (χ4n) is 3.08. The van der Waals surface area contributed by atoms with Gasteiger partial charge in [0.05, 0.1) is 4.92 Å². The molecule has 0 amide bonds. The molecular formula is C13H15N3O3. The molecule has 1 fully saturated rings. The monoisotopic (exact) mass is 261 g/mol. The molecule has 2 aliphatic rings. The Morgan fingerprint density at radius 1 is 1.21 bits per heavy atom. The van der Waals surface area contributed by atoms with Crippen LogP contribution in [-0.2, 0) is 6.42 Å². The number of nitro groups is 1. The molecule has 0 aromatic heterocycles. The third-order valence-corrected chi connectivity index (χ3v) is 3.92. The Hall–Kier alpha value is -1.95. The number of rotatable bonds is 1. The van der Waals surface area contributed by atoms with Crippen LogP contribution in [0.15, 0.2) is 23.3 Å². The first-order valence-electron chi connectivity index (χ1n) is 6.52. The third kappa shape index (κ3) is 1.98. The maximum atomic E-state index is 11.8. The molecule has 6 nitrogen and oxygen atoms in total. The smallest absolute Gasteiger partial charge is 0.270 e. The van der Waals surface area contributed by atoms with E-state index < -0.39 is 4.92 Å². The van der Waals surface area contributed by atoms with Gasteiger partial charge in [-0.15, -0.1) is 0 Å². The van der Waals surface area contributed by atoms with Crippen molar-refractivity contribution in [3.05, 3.63) is 33.9 Å². The van der Waals surface area contributed by atoms with Crippen LogP contribution in [0, 0.1) is 10.1 Å². The first-order chi connectivity index (χ1) is 9.11. The summed E-state index contributed by atoms with van der Waals surface area (Å²) in [6.45, 7) is 1.63. The second kappa shape index (κ2) is 4.31. The van der Waals surface area contributed by atoms with E-state index in [1.165, 1.54) is 12.1 Å².